The van der Waals surface area contributed by atoms with Gasteiger partial charge < -0.3 is 15.2 Å². The Morgan fingerprint density at radius 2 is 1.74 bits per heavy atom. The highest BCUT2D eigenvalue weighted by Crippen LogP contribution is 2.35. The molecule has 0 unspecified atom stereocenters. The SMILES string of the molecule is CCOC(=O)c1ccc(N(CCC(N)=O)S(=O)(=O)c2cccc(F)c2Oc2cccc(Cl)c2)cc1. The molecule has 0 saturated heterocycles. The molecule has 0 spiro atoms. The van der Waals surface area contributed by atoms with Gasteiger partial charge >= 0.3 is 5.97 Å². The van der Waals surface area contributed by atoms with Crippen molar-refractivity contribution >= 4 is 39.2 Å². The Labute approximate surface area is 207 Å². The minimum Gasteiger partial charge on any atom is -0.462 e. The molecule has 3 rings (SSSR count). The average molecular weight is 521 g/mol. The first-order valence-electron chi connectivity index (χ1n) is 10.4. The molecule has 11 heteroatoms. The highest BCUT2D eigenvalue weighted by Gasteiger charge is 2.30. The van der Waals surface area contributed by atoms with Crippen LogP contribution in [-0.4, -0.2) is 33.4 Å². The lowest BCUT2D eigenvalue weighted by atomic mass is 10.2. The van der Waals surface area contributed by atoms with Crippen LogP contribution in [-0.2, 0) is 19.6 Å². The Kier molecular flexibility index (Phi) is 8.31. The summed E-state index contributed by atoms with van der Waals surface area (Å²) in [6, 6.07) is 15.0. The third-order valence-electron chi connectivity index (χ3n) is 4.74. The number of sulfonamides is 1. The monoisotopic (exact) mass is 520 g/mol. The number of benzene rings is 3. The first-order chi connectivity index (χ1) is 16.6. The lowest BCUT2D eigenvalue weighted by molar-refractivity contribution is -0.117. The highest BCUT2D eigenvalue weighted by atomic mass is 35.5. The number of amides is 1. The van der Waals surface area contributed by atoms with Crippen LogP contribution in [0.15, 0.2) is 71.6 Å². The summed E-state index contributed by atoms with van der Waals surface area (Å²) in [7, 11) is -4.47. The van der Waals surface area contributed by atoms with E-state index in [1.807, 2.05) is 0 Å². The third-order valence-corrected chi connectivity index (χ3v) is 6.83. The van der Waals surface area contributed by atoms with Crippen molar-refractivity contribution in [2.75, 3.05) is 17.5 Å². The van der Waals surface area contributed by atoms with Crippen LogP contribution < -0.4 is 14.8 Å². The summed E-state index contributed by atoms with van der Waals surface area (Å²) in [5.41, 5.74) is 5.58. The van der Waals surface area contributed by atoms with Gasteiger partial charge in [-0.2, -0.15) is 0 Å². The number of para-hydroxylation sites is 1. The summed E-state index contributed by atoms with van der Waals surface area (Å²) < 4.78 is 53.6. The number of halogens is 2. The number of carbonyl (C=O) groups excluding carboxylic acids is 2. The molecule has 2 N–H and O–H groups in total. The summed E-state index contributed by atoms with van der Waals surface area (Å²) in [5, 5.41) is 0.313. The third kappa shape index (κ3) is 6.28. The molecule has 8 nitrogen and oxygen atoms in total. The molecule has 3 aromatic carbocycles. The van der Waals surface area contributed by atoms with Crippen LogP contribution in [0.1, 0.15) is 23.7 Å². The second-order valence-electron chi connectivity index (χ2n) is 7.19. The molecule has 0 heterocycles. The number of esters is 1. The molecule has 0 fully saturated rings. The van der Waals surface area contributed by atoms with E-state index >= 15 is 0 Å². The predicted octanol–water partition coefficient (Wildman–Crippen LogP) is 4.52. The van der Waals surface area contributed by atoms with Crippen molar-refractivity contribution in [2.45, 2.75) is 18.2 Å². The molecule has 0 atom stereocenters. The smallest absolute Gasteiger partial charge is 0.338 e. The van der Waals surface area contributed by atoms with Crippen molar-refractivity contribution in [3.05, 3.63) is 83.1 Å². The Morgan fingerprint density at radius 3 is 2.37 bits per heavy atom. The molecule has 0 aromatic heterocycles. The van der Waals surface area contributed by atoms with Gasteiger partial charge in [0.25, 0.3) is 10.0 Å². The van der Waals surface area contributed by atoms with Gasteiger partial charge in [-0.3, -0.25) is 9.10 Å². The quantitative estimate of drug-likeness (QED) is 0.393. The van der Waals surface area contributed by atoms with Crippen LogP contribution >= 0.6 is 11.6 Å². The van der Waals surface area contributed by atoms with Gasteiger partial charge in [0, 0.05) is 18.0 Å². The number of nitrogens with two attached hydrogens (primary N) is 1. The van der Waals surface area contributed by atoms with E-state index in [9.17, 15) is 22.4 Å². The number of ether oxygens (including phenoxy) is 2. The predicted molar refractivity (Wildman–Crippen MR) is 129 cm³/mol. The second kappa shape index (κ2) is 11.2. The largest absolute Gasteiger partial charge is 0.462 e. The molecule has 1 amide bonds. The van der Waals surface area contributed by atoms with Crippen LogP contribution in [0.2, 0.25) is 5.02 Å². The van der Waals surface area contributed by atoms with E-state index in [1.165, 1.54) is 48.5 Å². The number of carbonyl (C=O) groups is 2. The molecule has 35 heavy (non-hydrogen) atoms. The normalized spacial score (nSPS) is 11.1. The fourth-order valence-electron chi connectivity index (χ4n) is 3.14. The van der Waals surface area contributed by atoms with Crippen LogP contribution in [0.4, 0.5) is 10.1 Å². The lowest BCUT2D eigenvalue weighted by Crippen LogP contribution is -2.34. The summed E-state index contributed by atoms with van der Waals surface area (Å²) in [6.07, 6.45) is -0.307. The highest BCUT2D eigenvalue weighted by molar-refractivity contribution is 7.93. The molecule has 0 aliphatic rings. The van der Waals surface area contributed by atoms with Gasteiger partial charge in [-0.15, -0.1) is 0 Å². The van der Waals surface area contributed by atoms with Gasteiger partial charge in [0.15, 0.2) is 11.6 Å². The molecular formula is C24H22ClFN2O6S. The van der Waals surface area contributed by atoms with Crippen molar-refractivity contribution in [3.8, 4) is 11.5 Å². The van der Waals surface area contributed by atoms with Crippen molar-refractivity contribution < 1.29 is 31.9 Å². The van der Waals surface area contributed by atoms with E-state index in [0.29, 0.717) is 5.02 Å². The lowest BCUT2D eigenvalue weighted by Gasteiger charge is -2.25. The molecule has 0 saturated carbocycles. The van der Waals surface area contributed by atoms with Gasteiger partial charge in [0.1, 0.15) is 10.6 Å². The molecule has 184 valence electrons. The Morgan fingerprint density at radius 1 is 1.06 bits per heavy atom. The fourth-order valence-corrected chi connectivity index (χ4v) is 4.91. The van der Waals surface area contributed by atoms with Crippen molar-refractivity contribution in [1.29, 1.82) is 0 Å². The van der Waals surface area contributed by atoms with Gasteiger partial charge in [-0.1, -0.05) is 23.7 Å². The Bertz CT molecular complexity index is 1330. The van der Waals surface area contributed by atoms with Gasteiger partial charge in [0.05, 0.1) is 17.9 Å². The van der Waals surface area contributed by atoms with Crippen LogP contribution in [0.3, 0.4) is 0 Å². The maximum Gasteiger partial charge on any atom is 0.338 e. The van der Waals surface area contributed by atoms with Gasteiger partial charge in [-0.05, 0) is 61.5 Å². The number of primary amides is 1. The fraction of sp³-hybridized carbons (Fsp3) is 0.167. The maximum absolute atomic E-state index is 14.8. The topological polar surface area (TPSA) is 116 Å². The summed E-state index contributed by atoms with van der Waals surface area (Å²) in [4.78, 5) is 22.9. The Hall–Kier alpha value is -3.63. The number of rotatable bonds is 10. The zero-order valence-electron chi connectivity index (χ0n) is 18.6. The first-order valence-corrected chi connectivity index (χ1v) is 12.3. The second-order valence-corrected chi connectivity index (χ2v) is 9.45. The number of nitrogens with zero attached hydrogens (tertiary/aromatic N) is 1. The zero-order chi connectivity index (χ0) is 25.6. The maximum atomic E-state index is 14.8. The van der Waals surface area contributed by atoms with Crippen molar-refractivity contribution in [2.24, 2.45) is 5.73 Å². The van der Waals surface area contributed by atoms with E-state index in [4.69, 9.17) is 26.8 Å². The van der Waals surface area contributed by atoms with Crippen molar-refractivity contribution in [3.63, 3.8) is 0 Å². The van der Waals surface area contributed by atoms with E-state index < -0.39 is 38.4 Å². The van der Waals surface area contributed by atoms with Crippen molar-refractivity contribution in [1.82, 2.24) is 0 Å². The van der Waals surface area contributed by atoms with E-state index in [-0.39, 0.29) is 36.6 Å². The molecule has 0 aliphatic carbocycles. The molecule has 3 aromatic rings. The number of hydrogen-bond acceptors (Lipinski definition) is 6. The van der Waals surface area contributed by atoms with Gasteiger partial charge in [-0.25, -0.2) is 17.6 Å². The van der Waals surface area contributed by atoms with E-state index in [2.05, 4.69) is 0 Å². The summed E-state index contributed by atoms with van der Waals surface area (Å²) >= 11 is 5.96. The minimum absolute atomic E-state index is 0.122. The minimum atomic E-state index is -4.47. The van der Waals surface area contributed by atoms with Gasteiger partial charge in [0.2, 0.25) is 5.91 Å². The Balaban J connectivity index is 2.06. The molecule has 0 bridgehead atoms. The first kappa shape index (κ1) is 26.0. The van der Waals surface area contributed by atoms with Crippen LogP contribution in [0.25, 0.3) is 0 Å². The number of anilines is 1. The van der Waals surface area contributed by atoms with E-state index in [0.717, 1.165) is 10.4 Å². The number of hydrogen-bond donors (Lipinski definition) is 1. The standard InChI is InChI=1S/C24H22ClFN2O6S/c1-2-33-24(30)16-9-11-18(12-10-16)28(14-13-22(27)29)35(31,32)21-8-4-7-20(26)23(21)34-19-6-3-5-17(25)15-19/h3-12,15H,2,13-14H2,1H3,(H2,27,29). The summed E-state index contributed by atoms with van der Waals surface area (Å²) in [5.74, 6) is -2.64. The zero-order valence-corrected chi connectivity index (χ0v) is 20.2. The van der Waals surface area contributed by atoms with E-state index in [1.54, 1.807) is 19.1 Å². The molecular weight excluding hydrogens is 499 g/mol. The summed E-state index contributed by atoms with van der Waals surface area (Å²) in [6.45, 7) is 1.50. The molecule has 0 radical (unpaired) electrons. The average Bonchev–Trinajstić information content (AvgIpc) is 2.80. The van der Waals surface area contributed by atoms with Crippen LogP contribution in [0.5, 0.6) is 11.5 Å². The molecule has 0 aliphatic heterocycles. The van der Waals surface area contributed by atoms with Crippen LogP contribution in [0, 0.1) is 5.82 Å².